The molecule has 2 atom stereocenters. The number of carbonyl (C=O) groups is 1. The molecule has 6 nitrogen and oxygen atoms in total. The van der Waals surface area contributed by atoms with Crippen LogP contribution < -0.4 is 10.9 Å². The zero-order valence-electron chi connectivity index (χ0n) is 19.6. The Bertz CT molecular complexity index is 1360. The lowest BCUT2D eigenvalue weighted by Gasteiger charge is -2.28. The third-order valence-corrected chi connectivity index (χ3v) is 8.71. The van der Waals surface area contributed by atoms with Gasteiger partial charge >= 0.3 is 0 Å². The van der Waals surface area contributed by atoms with Crippen LogP contribution in [0.5, 0.6) is 0 Å². The summed E-state index contributed by atoms with van der Waals surface area (Å²) >= 11 is 2.60. The Morgan fingerprint density at radius 2 is 2.00 bits per heavy atom. The van der Waals surface area contributed by atoms with E-state index in [1.807, 2.05) is 13.8 Å². The highest BCUT2D eigenvalue weighted by Crippen LogP contribution is 2.36. The standard InChI is InChI=1S/C25H27FN4O2S2/c1-14(2)25(4,13-27)29-21(31)15(3)33-24-28-22-20(16-9-5-8-12-19(16)34-22)23(32)30(24)18-11-7-6-10-17(18)26/h6-7,10-11,14-15H,5,8-9,12H2,1-4H3,(H,29,31). The Balaban J connectivity index is 1.81. The van der Waals surface area contributed by atoms with Crippen LogP contribution in [-0.2, 0) is 17.6 Å². The van der Waals surface area contributed by atoms with Gasteiger partial charge in [0.2, 0.25) is 5.91 Å². The molecule has 34 heavy (non-hydrogen) atoms. The maximum atomic E-state index is 14.8. The molecule has 1 aliphatic rings. The third kappa shape index (κ3) is 4.37. The first-order valence-corrected chi connectivity index (χ1v) is 13.1. The molecule has 178 valence electrons. The van der Waals surface area contributed by atoms with Crippen LogP contribution in [0.2, 0.25) is 0 Å². The predicted octanol–water partition coefficient (Wildman–Crippen LogP) is 5.00. The normalized spacial score (nSPS) is 16.0. The number of nitrogens with one attached hydrogen (secondary N) is 1. The number of aromatic nitrogens is 2. The first-order valence-electron chi connectivity index (χ1n) is 11.4. The van der Waals surface area contributed by atoms with Gasteiger partial charge in [-0.3, -0.25) is 14.2 Å². The minimum absolute atomic E-state index is 0.0952. The summed E-state index contributed by atoms with van der Waals surface area (Å²) < 4.78 is 16.1. The highest BCUT2D eigenvalue weighted by atomic mass is 32.2. The fourth-order valence-electron chi connectivity index (χ4n) is 3.98. The zero-order valence-corrected chi connectivity index (χ0v) is 21.3. The number of thioether (sulfide) groups is 1. The molecule has 1 aliphatic carbocycles. The Kier molecular flexibility index (Phi) is 6.83. The minimum atomic E-state index is -1.03. The molecule has 4 rings (SSSR count). The molecule has 0 spiro atoms. The first kappa shape index (κ1) is 24.4. The Labute approximate surface area is 206 Å². The molecule has 9 heteroatoms. The summed E-state index contributed by atoms with van der Waals surface area (Å²) in [4.78, 5) is 33.3. The number of halogens is 1. The van der Waals surface area contributed by atoms with E-state index < -0.39 is 16.6 Å². The smallest absolute Gasteiger partial charge is 0.267 e. The Morgan fingerprint density at radius 1 is 1.29 bits per heavy atom. The van der Waals surface area contributed by atoms with Gasteiger partial charge in [0.05, 0.1) is 22.4 Å². The van der Waals surface area contributed by atoms with Crippen molar-refractivity contribution in [3.63, 3.8) is 0 Å². The van der Waals surface area contributed by atoms with Gasteiger partial charge in [-0.25, -0.2) is 9.37 Å². The first-order chi connectivity index (χ1) is 16.2. The van der Waals surface area contributed by atoms with Crippen LogP contribution in [0, 0.1) is 23.1 Å². The third-order valence-electron chi connectivity index (χ3n) is 6.47. The SMILES string of the molecule is CC(Sc1nc2sc3c(c2c(=O)n1-c1ccccc1F)CCCC3)C(=O)NC(C)(C#N)C(C)C. The monoisotopic (exact) mass is 498 g/mol. The van der Waals surface area contributed by atoms with Crippen LogP contribution in [-0.4, -0.2) is 26.2 Å². The van der Waals surface area contributed by atoms with Gasteiger partial charge in [0, 0.05) is 4.88 Å². The predicted molar refractivity (Wildman–Crippen MR) is 134 cm³/mol. The van der Waals surface area contributed by atoms with Crippen LogP contribution >= 0.6 is 23.1 Å². The van der Waals surface area contributed by atoms with Crippen molar-refractivity contribution in [1.82, 2.24) is 14.9 Å². The fourth-order valence-corrected chi connectivity index (χ4v) is 6.20. The number of benzene rings is 1. The van der Waals surface area contributed by atoms with Gasteiger partial charge in [-0.1, -0.05) is 37.7 Å². The van der Waals surface area contributed by atoms with Crippen molar-refractivity contribution in [3.8, 4) is 11.8 Å². The largest absolute Gasteiger partial charge is 0.337 e. The van der Waals surface area contributed by atoms with Gasteiger partial charge in [-0.05, 0) is 63.1 Å². The average molecular weight is 499 g/mol. The van der Waals surface area contributed by atoms with E-state index in [0.717, 1.165) is 43.0 Å². The van der Waals surface area contributed by atoms with Gasteiger partial charge in [-0.2, -0.15) is 5.26 Å². The number of fused-ring (bicyclic) bond motifs is 3. The summed E-state index contributed by atoms with van der Waals surface area (Å²) in [5.41, 5.74) is -0.204. The number of carbonyl (C=O) groups excluding carboxylic acids is 1. The molecule has 1 N–H and O–H groups in total. The minimum Gasteiger partial charge on any atom is -0.337 e. The van der Waals surface area contributed by atoms with Crippen LogP contribution in [0.15, 0.2) is 34.2 Å². The van der Waals surface area contributed by atoms with Crippen LogP contribution in [0.1, 0.15) is 51.0 Å². The molecule has 0 radical (unpaired) electrons. The van der Waals surface area contributed by atoms with E-state index in [-0.39, 0.29) is 28.2 Å². The highest BCUT2D eigenvalue weighted by Gasteiger charge is 2.33. The van der Waals surface area contributed by atoms with E-state index >= 15 is 0 Å². The number of para-hydroxylation sites is 1. The van der Waals surface area contributed by atoms with Crippen molar-refractivity contribution >= 4 is 39.2 Å². The molecule has 0 aliphatic heterocycles. The molecule has 1 aromatic carbocycles. The second-order valence-corrected chi connectivity index (χ2v) is 11.5. The van der Waals surface area contributed by atoms with Crippen molar-refractivity contribution in [2.24, 2.45) is 5.92 Å². The van der Waals surface area contributed by atoms with Crippen LogP contribution in [0.4, 0.5) is 4.39 Å². The van der Waals surface area contributed by atoms with Crippen molar-refractivity contribution in [1.29, 1.82) is 5.26 Å². The van der Waals surface area contributed by atoms with Gasteiger partial charge in [0.1, 0.15) is 16.2 Å². The lowest BCUT2D eigenvalue weighted by molar-refractivity contribution is -0.121. The summed E-state index contributed by atoms with van der Waals surface area (Å²) in [5.74, 6) is -0.976. The number of hydrogen-bond acceptors (Lipinski definition) is 6. The van der Waals surface area contributed by atoms with Crippen LogP contribution in [0.3, 0.4) is 0 Å². The summed E-state index contributed by atoms with van der Waals surface area (Å²) in [7, 11) is 0. The molecule has 0 saturated heterocycles. The number of nitriles is 1. The van der Waals surface area contributed by atoms with Gasteiger partial charge in [0.15, 0.2) is 5.16 Å². The molecular formula is C25H27FN4O2S2. The summed E-state index contributed by atoms with van der Waals surface area (Å²) in [5, 5.41) is 12.5. The molecule has 0 fully saturated rings. The average Bonchev–Trinajstić information content (AvgIpc) is 3.18. The molecule has 2 unspecified atom stereocenters. The topological polar surface area (TPSA) is 87.8 Å². The van der Waals surface area contributed by atoms with Gasteiger partial charge in [-0.15, -0.1) is 11.3 Å². The Morgan fingerprint density at radius 3 is 2.68 bits per heavy atom. The Hall–Kier alpha value is -2.70. The van der Waals surface area contributed by atoms with Gasteiger partial charge < -0.3 is 5.32 Å². The number of aryl methyl sites for hydroxylation is 2. The molecule has 1 amide bonds. The molecular weight excluding hydrogens is 471 g/mol. The maximum absolute atomic E-state index is 14.8. The van der Waals surface area contributed by atoms with Gasteiger partial charge in [0.25, 0.3) is 5.56 Å². The molecule has 3 aromatic rings. The number of thiophene rings is 1. The lowest BCUT2D eigenvalue weighted by Crippen LogP contribution is -2.51. The van der Waals surface area contributed by atoms with E-state index in [4.69, 9.17) is 4.98 Å². The van der Waals surface area contributed by atoms with E-state index in [1.54, 1.807) is 32.0 Å². The molecule has 0 bridgehead atoms. The second-order valence-electron chi connectivity index (χ2n) is 9.10. The van der Waals surface area contributed by atoms with E-state index in [9.17, 15) is 19.2 Å². The summed E-state index contributed by atoms with van der Waals surface area (Å²) in [6.07, 6.45) is 3.82. The highest BCUT2D eigenvalue weighted by molar-refractivity contribution is 8.00. The maximum Gasteiger partial charge on any atom is 0.267 e. The summed E-state index contributed by atoms with van der Waals surface area (Å²) in [6.45, 7) is 7.11. The van der Waals surface area contributed by atoms with Crippen molar-refractivity contribution < 1.29 is 9.18 Å². The molecule has 2 heterocycles. The lowest BCUT2D eigenvalue weighted by atomic mass is 9.90. The van der Waals surface area contributed by atoms with E-state index in [1.165, 1.54) is 26.8 Å². The van der Waals surface area contributed by atoms with Crippen molar-refractivity contribution in [2.75, 3.05) is 0 Å². The molecule has 2 aromatic heterocycles. The quantitative estimate of drug-likeness (QED) is 0.382. The fraction of sp³-hybridized carbons (Fsp3) is 0.440. The number of amides is 1. The van der Waals surface area contributed by atoms with Crippen molar-refractivity contribution in [2.45, 2.75) is 69.3 Å². The number of nitrogens with zero attached hydrogens (tertiary/aromatic N) is 3. The zero-order chi connectivity index (χ0) is 24.6. The second kappa shape index (κ2) is 9.51. The van der Waals surface area contributed by atoms with Crippen molar-refractivity contribution in [3.05, 3.63) is 50.9 Å². The van der Waals surface area contributed by atoms with E-state index in [2.05, 4.69) is 11.4 Å². The van der Waals surface area contributed by atoms with Crippen LogP contribution in [0.25, 0.3) is 15.9 Å². The number of rotatable bonds is 6. The number of hydrogen-bond donors (Lipinski definition) is 1. The summed E-state index contributed by atoms with van der Waals surface area (Å²) in [6, 6.07) is 8.26. The molecule has 0 saturated carbocycles. The van der Waals surface area contributed by atoms with E-state index in [0.29, 0.717) is 10.2 Å².